The lowest BCUT2D eigenvalue weighted by atomic mass is 10.1. The number of hydrogen-bond acceptors (Lipinski definition) is 7. The number of aromatic amines is 1. The first-order chi connectivity index (χ1) is 13.0. The second kappa shape index (κ2) is 7.22. The standard InChI is InChI=1S/C17H15Cl2N7O/c18-13-11(14(19)24-17(20)23-13)8-26-5-3-12-10(7-26)16(27)25-15(22-12)9-2-1-4-21-6-9/h1-2,4,6H,3,5,7-8H2,(H2,20,23,24)(H,22,25,27). The highest BCUT2D eigenvalue weighted by Gasteiger charge is 2.23. The molecule has 0 bridgehead atoms. The zero-order valence-corrected chi connectivity index (χ0v) is 15.6. The topological polar surface area (TPSA) is 114 Å². The molecular formula is C17H15Cl2N7O. The largest absolute Gasteiger partial charge is 0.368 e. The van der Waals surface area contributed by atoms with E-state index >= 15 is 0 Å². The molecule has 0 atom stereocenters. The maximum atomic E-state index is 12.6. The van der Waals surface area contributed by atoms with E-state index in [9.17, 15) is 4.79 Å². The van der Waals surface area contributed by atoms with E-state index in [0.717, 1.165) is 11.3 Å². The average Bonchev–Trinajstić information content (AvgIpc) is 2.65. The number of H-pyrrole nitrogens is 1. The zero-order chi connectivity index (χ0) is 19.0. The van der Waals surface area contributed by atoms with E-state index in [4.69, 9.17) is 28.9 Å². The summed E-state index contributed by atoms with van der Waals surface area (Å²) in [6.07, 6.45) is 3.98. The molecule has 27 heavy (non-hydrogen) atoms. The Morgan fingerprint density at radius 1 is 1.22 bits per heavy atom. The van der Waals surface area contributed by atoms with Crippen molar-refractivity contribution in [1.82, 2.24) is 29.8 Å². The van der Waals surface area contributed by atoms with E-state index in [-0.39, 0.29) is 21.8 Å². The third-order valence-corrected chi connectivity index (χ3v) is 5.01. The molecular weight excluding hydrogens is 389 g/mol. The number of pyridine rings is 1. The number of anilines is 1. The van der Waals surface area contributed by atoms with Gasteiger partial charge in [0.1, 0.15) is 16.1 Å². The molecule has 0 saturated heterocycles. The van der Waals surface area contributed by atoms with Crippen LogP contribution in [0.15, 0.2) is 29.3 Å². The Morgan fingerprint density at radius 2 is 2.00 bits per heavy atom. The van der Waals surface area contributed by atoms with Crippen molar-refractivity contribution in [2.45, 2.75) is 19.5 Å². The normalized spacial score (nSPS) is 14.1. The lowest BCUT2D eigenvalue weighted by molar-refractivity contribution is 0.241. The summed E-state index contributed by atoms with van der Waals surface area (Å²) >= 11 is 12.3. The Kier molecular flexibility index (Phi) is 4.77. The van der Waals surface area contributed by atoms with Crippen LogP contribution in [-0.2, 0) is 19.5 Å². The summed E-state index contributed by atoms with van der Waals surface area (Å²) in [4.78, 5) is 34.1. The van der Waals surface area contributed by atoms with Gasteiger partial charge < -0.3 is 10.7 Å². The SMILES string of the molecule is Nc1nc(Cl)c(CN2CCc3nc(-c4cccnc4)[nH]c(=O)c3C2)c(Cl)n1. The molecule has 8 nitrogen and oxygen atoms in total. The molecule has 0 fully saturated rings. The molecule has 0 spiro atoms. The number of nitrogens with two attached hydrogens (primary N) is 1. The van der Waals surface area contributed by atoms with Crippen LogP contribution in [0.2, 0.25) is 10.3 Å². The molecule has 0 unspecified atom stereocenters. The summed E-state index contributed by atoms with van der Waals surface area (Å²) in [7, 11) is 0. The molecule has 10 heteroatoms. The number of hydrogen-bond donors (Lipinski definition) is 2. The van der Waals surface area contributed by atoms with Crippen molar-refractivity contribution < 1.29 is 0 Å². The molecule has 138 valence electrons. The minimum absolute atomic E-state index is 0.0290. The monoisotopic (exact) mass is 403 g/mol. The smallest absolute Gasteiger partial charge is 0.255 e. The molecule has 1 aliphatic rings. The molecule has 0 radical (unpaired) electrons. The third-order valence-electron chi connectivity index (χ3n) is 4.39. The van der Waals surface area contributed by atoms with Crippen molar-refractivity contribution in [3.63, 3.8) is 0 Å². The number of nitrogens with one attached hydrogen (secondary N) is 1. The van der Waals surface area contributed by atoms with Crippen LogP contribution < -0.4 is 11.3 Å². The number of rotatable bonds is 3. The molecule has 0 saturated carbocycles. The Hall–Kier alpha value is -2.55. The van der Waals surface area contributed by atoms with Gasteiger partial charge >= 0.3 is 0 Å². The summed E-state index contributed by atoms with van der Waals surface area (Å²) in [6.45, 7) is 1.55. The predicted molar refractivity (Wildman–Crippen MR) is 102 cm³/mol. The van der Waals surface area contributed by atoms with Gasteiger partial charge in [0, 0.05) is 49.6 Å². The number of nitrogen functional groups attached to an aromatic ring is 1. The van der Waals surface area contributed by atoms with Crippen LogP contribution in [0.3, 0.4) is 0 Å². The minimum Gasteiger partial charge on any atom is -0.368 e. The van der Waals surface area contributed by atoms with Crippen LogP contribution in [0, 0.1) is 0 Å². The Morgan fingerprint density at radius 3 is 2.70 bits per heavy atom. The van der Waals surface area contributed by atoms with Crippen molar-refractivity contribution in [2.75, 3.05) is 12.3 Å². The first-order valence-corrected chi connectivity index (χ1v) is 8.99. The number of nitrogens with zero attached hydrogens (tertiary/aromatic N) is 5. The Bertz CT molecular complexity index is 1030. The lowest BCUT2D eigenvalue weighted by Crippen LogP contribution is -2.35. The Labute approximate surface area is 164 Å². The van der Waals surface area contributed by atoms with Gasteiger partial charge in [-0.15, -0.1) is 0 Å². The lowest BCUT2D eigenvalue weighted by Gasteiger charge is -2.28. The van der Waals surface area contributed by atoms with Crippen LogP contribution in [0.1, 0.15) is 16.8 Å². The first kappa shape index (κ1) is 17.8. The van der Waals surface area contributed by atoms with Crippen LogP contribution in [0.25, 0.3) is 11.4 Å². The number of aromatic nitrogens is 5. The number of halogens is 2. The van der Waals surface area contributed by atoms with Gasteiger partial charge in [-0.3, -0.25) is 14.7 Å². The highest BCUT2D eigenvalue weighted by atomic mass is 35.5. The van der Waals surface area contributed by atoms with Crippen molar-refractivity contribution in [3.8, 4) is 11.4 Å². The van der Waals surface area contributed by atoms with Gasteiger partial charge in [-0.25, -0.2) is 15.0 Å². The van der Waals surface area contributed by atoms with E-state index in [1.807, 2.05) is 6.07 Å². The quantitative estimate of drug-likeness (QED) is 0.643. The fourth-order valence-electron chi connectivity index (χ4n) is 3.06. The second-order valence-corrected chi connectivity index (χ2v) is 6.90. The zero-order valence-electron chi connectivity index (χ0n) is 14.1. The molecule has 4 heterocycles. The number of fused-ring (bicyclic) bond motifs is 1. The molecule has 0 amide bonds. The molecule has 3 aromatic rings. The van der Waals surface area contributed by atoms with Crippen molar-refractivity contribution in [1.29, 1.82) is 0 Å². The predicted octanol–water partition coefficient (Wildman–Crippen LogP) is 2.07. The summed E-state index contributed by atoms with van der Waals surface area (Å²) in [5.74, 6) is 0.555. The Balaban J connectivity index is 1.60. The highest BCUT2D eigenvalue weighted by molar-refractivity contribution is 6.34. The fourth-order valence-corrected chi connectivity index (χ4v) is 3.58. The molecule has 3 N–H and O–H groups in total. The van der Waals surface area contributed by atoms with E-state index in [1.165, 1.54) is 0 Å². The molecule has 1 aliphatic heterocycles. The van der Waals surface area contributed by atoms with Gasteiger partial charge in [0.05, 0.1) is 11.3 Å². The fraction of sp³-hybridized carbons (Fsp3) is 0.235. The van der Waals surface area contributed by atoms with E-state index in [1.54, 1.807) is 18.5 Å². The first-order valence-electron chi connectivity index (χ1n) is 8.23. The molecule has 4 rings (SSSR count). The summed E-state index contributed by atoms with van der Waals surface area (Å²) < 4.78 is 0. The van der Waals surface area contributed by atoms with Gasteiger partial charge in [0.15, 0.2) is 0 Å². The van der Waals surface area contributed by atoms with Gasteiger partial charge in [-0.05, 0) is 12.1 Å². The van der Waals surface area contributed by atoms with Gasteiger partial charge in [-0.2, -0.15) is 0 Å². The van der Waals surface area contributed by atoms with Crippen LogP contribution >= 0.6 is 23.2 Å². The summed E-state index contributed by atoms with van der Waals surface area (Å²) in [5.41, 5.74) is 8.18. The van der Waals surface area contributed by atoms with E-state index in [2.05, 4.69) is 29.8 Å². The maximum Gasteiger partial charge on any atom is 0.255 e. The van der Waals surface area contributed by atoms with E-state index < -0.39 is 0 Å². The van der Waals surface area contributed by atoms with Crippen LogP contribution in [-0.4, -0.2) is 36.4 Å². The molecule has 0 aromatic carbocycles. The molecule has 3 aromatic heterocycles. The van der Waals surface area contributed by atoms with Gasteiger partial charge in [0.2, 0.25) is 5.95 Å². The van der Waals surface area contributed by atoms with E-state index in [0.29, 0.717) is 43.0 Å². The van der Waals surface area contributed by atoms with Crippen LogP contribution in [0.5, 0.6) is 0 Å². The second-order valence-electron chi connectivity index (χ2n) is 6.18. The summed E-state index contributed by atoms with van der Waals surface area (Å²) in [6, 6.07) is 3.66. The van der Waals surface area contributed by atoms with Crippen molar-refractivity contribution in [2.24, 2.45) is 0 Å². The van der Waals surface area contributed by atoms with Gasteiger partial charge in [0.25, 0.3) is 5.56 Å². The van der Waals surface area contributed by atoms with Crippen molar-refractivity contribution in [3.05, 3.63) is 62.0 Å². The highest BCUT2D eigenvalue weighted by Crippen LogP contribution is 2.26. The molecule has 0 aliphatic carbocycles. The minimum atomic E-state index is -0.158. The van der Waals surface area contributed by atoms with Crippen LogP contribution in [0.4, 0.5) is 5.95 Å². The average molecular weight is 404 g/mol. The maximum absolute atomic E-state index is 12.6. The summed E-state index contributed by atoms with van der Waals surface area (Å²) in [5, 5.41) is 0.439. The third kappa shape index (κ3) is 3.64. The van der Waals surface area contributed by atoms with Gasteiger partial charge in [-0.1, -0.05) is 23.2 Å². The van der Waals surface area contributed by atoms with Crippen molar-refractivity contribution >= 4 is 29.2 Å².